The summed E-state index contributed by atoms with van der Waals surface area (Å²) in [7, 11) is 0. The van der Waals surface area contributed by atoms with E-state index in [1.165, 1.54) is 13.0 Å². The van der Waals surface area contributed by atoms with Crippen LogP contribution in [0.2, 0.25) is 0 Å². The van der Waals surface area contributed by atoms with Crippen molar-refractivity contribution in [1.29, 1.82) is 0 Å². The van der Waals surface area contributed by atoms with Crippen LogP contribution in [0.5, 0.6) is 0 Å². The van der Waals surface area contributed by atoms with Crippen molar-refractivity contribution in [2.45, 2.75) is 46.2 Å². The second kappa shape index (κ2) is 4.97. The van der Waals surface area contributed by atoms with Gasteiger partial charge < -0.3 is 4.74 Å². The van der Waals surface area contributed by atoms with Gasteiger partial charge in [0.15, 0.2) is 0 Å². The molecule has 0 amide bonds. The summed E-state index contributed by atoms with van der Waals surface area (Å²) in [6.45, 7) is 12.1. The van der Waals surface area contributed by atoms with Gasteiger partial charge in [-0.3, -0.25) is 4.90 Å². The summed E-state index contributed by atoms with van der Waals surface area (Å²) in [6.07, 6.45) is 1.23. The van der Waals surface area contributed by atoms with Gasteiger partial charge in [-0.1, -0.05) is 6.92 Å². The van der Waals surface area contributed by atoms with Gasteiger partial charge in [0.2, 0.25) is 0 Å². The van der Waals surface area contributed by atoms with Gasteiger partial charge in [0.05, 0.1) is 13.2 Å². The molecule has 1 heterocycles. The zero-order valence-corrected chi connectivity index (χ0v) is 9.42. The van der Waals surface area contributed by atoms with Gasteiger partial charge in [-0.05, 0) is 33.1 Å². The van der Waals surface area contributed by atoms with Gasteiger partial charge in [-0.2, -0.15) is 0 Å². The minimum atomic E-state index is 0.580. The Balaban J connectivity index is 2.56. The second-order valence-corrected chi connectivity index (χ2v) is 4.45. The van der Waals surface area contributed by atoms with Crippen LogP contribution in [0.25, 0.3) is 0 Å². The molecule has 13 heavy (non-hydrogen) atoms. The molecule has 1 saturated heterocycles. The van der Waals surface area contributed by atoms with Crippen molar-refractivity contribution in [3.8, 4) is 0 Å². The Morgan fingerprint density at radius 2 is 2.08 bits per heavy atom. The molecule has 1 fully saturated rings. The first-order chi connectivity index (χ1) is 6.15. The third-order valence-electron chi connectivity index (χ3n) is 2.99. The molecule has 2 unspecified atom stereocenters. The van der Waals surface area contributed by atoms with Crippen LogP contribution in [0.4, 0.5) is 0 Å². The van der Waals surface area contributed by atoms with Crippen molar-refractivity contribution in [3.05, 3.63) is 0 Å². The molecular formula is C11H23NO. The SMILES string of the molecule is CCC1COCC(C)N(C(C)C)C1. The monoisotopic (exact) mass is 185 g/mol. The molecule has 0 aromatic rings. The summed E-state index contributed by atoms with van der Waals surface area (Å²) in [5.41, 5.74) is 0. The zero-order chi connectivity index (χ0) is 9.84. The van der Waals surface area contributed by atoms with E-state index in [4.69, 9.17) is 4.74 Å². The Morgan fingerprint density at radius 3 is 2.62 bits per heavy atom. The van der Waals surface area contributed by atoms with Gasteiger partial charge >= 0.3 is 0 Å². The van der Waals surface area contributed by atoms with Crippen LogP contribution in [0.1, 0.15) is 34.1 Å². The molecule has 0 saturated carbocycles. The van der Waals surface area contributed by atoms with E-state index >= 15 is 0 Å². The Labute approximate surface area is 82.3 Å². The summed E-state index contributed by atoms with van der Waals surface area (Å²) in [5.74, 6) is 0.729. The largest absolute Gasteiger partial charge is 0.379 e. The molecule has 0 spiro atoms. The fourth-order valence-electron chi connectivity index (χ4n) is 2.00. The van der Waals surface area contributed by atoms with E-state index in [1.54, 1.807) is 0 Å². The summed E-state index contributed by atoms with van der Waals surface area (Å²) in [5, 5.41) is 0. The molecule has 2 atom stereocenters. The summed E-state index contributed by atoms with van der Waals surface area (Å²) < 4.78 is 5.65. The van der Waals surface area contributed by atoms with Gasteiger partial charge in [0.1, 0.15) is 0 Å². The third-order valence-corrected chi connectivity index (χ3v) is 2.99. The van der Waals surface area contributed by atoms with Crippen molar-refractivity contribution in [2.24, 2.45) is 5.92 Å². The van der Waals surface area contributed by atoms with Crippen LogP contribution >= 0.6 is 0 Å². The average Bonchev–Trinajstić information content (AvgIpc) is 2.26. The van der Waals surface area contributed by atoms with Crippen LogP contribution in [-0.4, -0.2) is 36.7 Å². The van der Waals surface area contributed by atoms with E-state index in [9.17, 15) is 0 Å². The summed E-state index contributed by atoms with van der Waals surface area (Å²) in [4.78, 5) is 2.56. The normalized spacial score (nSPS) is 32.1. The first kappa shape index (κ1) is 11.0. The van der Waals surface area contributed by atoms with E-state index in [-0.39, 0.29) is 0 Å². The van der Waals surface area contributed by atoms with Crippen LogP contribution < -0.4 is 0 Å². The minimum absolute atomic E-state index is 0.580. The average molecular weight is 185 g/mol. The minimum Gasteiger partial charge on any atom is -0.379 e. The highest BCUT2D eigenvalue weighted by Gasteiger charge is 2.24. The Hall–Kier alpha value is -0.0800. The number of hydrogen-bond acceptors (Lipinski definition) is 2. The molecule has 1 aliphatic rings. The number of ether oxygens (including phenoxy) is 1. The lowest BCUT2D eigenvalue weighted by molar-refractivity contribution is 0.0921. The van der Waals surface area contributed by atoms with Crippen molar-refractivity contribution >= 4 is 0 Å². The van der Waals surface area contributed by atoms with Gasteiger partial charge in [-0.15, -0.1) is 0 Å². The van der Waals surface area contributed by atoms with E-state index in [1.807, 2.05) is 0 Å². The standard InChI is InChI=1S/C11H23NO/c1-5-11-6-12(9(2)3)10(4)7-13-8-11/h9-11H,5-8H2,1-4H3. The molecule has 2 heteroatoms. The van der Waals surface area contributed by atoms with E-state index in [0.717, 1.165) is 19.1 Å². The molecule has 1 aliphatic heterocycles. The third kappa shape index (κ3) is 2.96. The van der Waals surface area contributed by atoms with E-state index < -0.39 is 0 Å². The van der Waals surface area contributed by atoms with Crippen molar-refractivity contribution < 1.29 is 4.74 Å². The Kier molecular flexibility index (Phi) is 4.20. The Bertz CT molecular complexity index is 147. The fraction of sp³-hybridized carbons (Fsp3) is 1.00. The maximum absolute atomic E-state index is 5.65. The van der Waals surface area contributed by atoms with Crippen LogP contribution in [0, 0.1) is 5.92 Å². The molecule has 1 rings (SSSR count). The van der Waals surface area contributed by atoms with Crippen LogP contribution in [-0.2, 0) is 4.74 Å². The molecule has 78 valence electrons. The maximum atomic E-state index is 5.65. The molecule has 0 aromatic carbocycles. The van der Waals surface area contributed by atoms with Crippen molar-refractivity contribution in [1.82, 2.24) is 4.90 Å². The summed E-state index contributed by atoms with van der Waals surface area (Å²) in [6, 6.07) is 1.22. The molecule has 2 nitrogen and oxygen atoms in total. The lowest BCUT2D eigenvalue weighted by Crippen LogP contribution is -2.41. The van der Waals surface area contributed by atoms with Crippen molar-refractivity contribution in [2.75, 3.05) is 19.8 Å². The highest BCUT2D eigenvalue weighted by molar-refractivity contribution is 4.76. The predicted octanol–water partition coefficient (Wildman–Crippen LogP) is 2.14. The van der Waals surface area contributed by atoms with Gasteiger partial charge in [0, 0.05) is 18.6 Å². The van der Waals surface area contributed by atoms with Gasteiger partial charge in [-0.25, -0.2) is 0 Å². The lowest BCUT2D eigenvalue weighted by Gasteiger charge is -2.31. The van der Waals surface area contributed by atoms with Crippen LogP contribution in [0.15, 0.2) is 0 Å². The number of nitrogens with zero attached hydrogens (tertiary/aromatic N) is 1. The smallest absolute Gasteiger partial charge is 0.0619 e. The molecule has 0 aromatic heterocycles. The fourth-order valence-corrected chi connectivity index (χ4v) is 2.00. The van der Waals surface area contributed by atoms with E-state index in [0.29, 0.717) is 12.1 Å². The molecule has 0 aliphatic carbocycles. The second-order valence-electron chi connectivity index (χ2n) is 4.45. The van der Waals surface area contributed by atoms with Gasteiger partial charge in [0.25, 0.3) is 0 Å². The first-order valence-electron chi connectivity index (χ1n) is 5.48. The van der Waals surface area contributed by atoms with Crippen molar-refractivity contribution in [3.63, 3.8) is 0 Å². The quantitative estimate of drug-likeness (QED) is 0.653. The summed E-state index contributed by atoms with van der Waals surface area (Å²) >= 11 is 0. The lowest BCUT2D eigenvalue weighted by atomic mass is 10.1. The Morgan fingerprint density at radius 1 is 1.38 bits per heavy atom. The molecule has 0 N–H and O–H groups in total. The highest BCUT2D eigenvalue weighted by atomic mass is 16.5. The highest BCUT2D eigenvalue weighted by Crippen LogP contribution is 2.16. The molecular weight excluding hydrogens is 162 g/mol. The topological polar surface area (TPSA) is 12.5 Å². The number of rotatable bonds is 2. The maximum Gasteiger partial charge on any atom is 0.0619 e. The zero-order valence-electron chi connectivity index (χ0n) is 9.42. The molecule has 0 bridgehead atoms. The molecule has 0 radical (unpaired) electrons. The van der Waals surface area contributed by atoms with Crippen LogP contribution in [0.3, 0.4) is 0 Å². The first-order valence-corrected chi connectivity index (χ1v) is 5.48. The predicted molar refractivity (Wildman–Crippen MR) is 55.9 cm³/mol. The number of hydrogen-bond donors (Lipinski definition) is 0. The van der Waals surface area contributed by atoms with E-state index in [2.05, 4.69) is 32.6 Å².